The van der Waals surface area contributed by atoms with E-state index in [1.54, 1.807) is 0 Å². The van der Waals surface area contributed by atoms with Gasteiger partial charge < -0.3 is 5.32 Å². The summed E-state index contributed by atoms with van der Waals surface area (Å²) in [6.45, 7) is 2.23. The maximum Gasteiger partial charge on any atom is 0.450 e. The minimum absolute atomic E-state index is 0.167. The van der Waals surface area contributed by atoms with Gasteiger partial charge in [0.15, 0.2) is 0 Å². The van der Waals surface area contributed by atoms with E-state index < -0.39 is 6.09 Å². The number of nitrogens with one attached hydrogen (secondary N) is 1. The van der Waals surface area contributed by atoms with Crippen LogP contribution >= 0.6 is 15.9 Å². The average molecular weight is 181 g/mol. The van der Waals surface area contributed by atoms with Crippen molar-refractivity contribution < 1.29 is 9.90 Å². The standard InChI is InChI=1S/C4H7BrNO2/c1-3(5)2-6-4(7)8/h3,6H,2H2,1H3. The number of hydrogen-bond acceptors (Lipinski definition) is 1. The summed E-state index contributed by atoms with van der Waals surface area (Å²) < 4.78 is 0. The van der Waals surface area contributed by atoms with Crippen molar-refractivity contribution in [2.45, 2.75) is 11.8 Å². The second-order valence-electron chi connectivity index (χ2n) is 1.45. The van der Waals surface area contributed by atoms with Gasteiger partial charge >= 0.3 is 6.09 Å². The van der Waals surface area contributed by atoms with Crippen LogP contribution in [0.5, 0.6) is 0 Å². The molecule has 0 aliphatic carbocycles. The molecule has 1 N–H and O–H groups in total. The molecule has 3 nitrogen and oxygen atoms in total. The van der Waals surface area contributed by atoms with E-state index in [0.29, 0.717) is 6.54 Å². The summed E-state index contributed by atoms with van der Waals surface area (Å²) in [5.41, 5.74) is 0. The predicted octanol–water partition coefficient (Wildman–Crippen LogP) is 0.910. The fourth-order valence-electron chi connectivity index (χ4n) is 0.224. The molecule has 8 heavy (non-hydrogen) atoms. The van der Waals surface area contributed by atoms with Gasteiger partial charge in [0.2, 0.25) is 0 Å². The first-order chi connectivity index (χ1) is 3.63. The summed E-state index contributed by atoms with van der Waals surface area (Å²) >= 11 is 3.15. The molecular formula is C4H7BrNO2. The number of amides is 1. The summed E-state index contributed by atoms with van der Waals surface area (Å²) in [6, 6.07) is 0. The van der Waals surface area contributed by atoms with E-state index in [2.05, 4.69) is 21.2 Å². The van der Waals surface area contributed by atoms with E-state index in [1.165, 1.54) is 0 Å². The van der Waals surface area contributed by atoms with Crippen molar-refractivity contribution in [2.24, 2.45) is 0 Å². The molecule has 1 atom stereocenters. The SMILES string of the molecule is CC(Br)CNC([O])=O. The Balaban J connectivity index is 3.05. The molecule has 0 rings (SSSR count). The third-order valence-electron chi connectivity index (χ3n) is 0.528. The first-order valence-corrected chi connectivity index (χ1v) is 3.13. The maximum absolute atomic E-state index is 9.66. The number of carbonyl (C=O) groups is 1. The van der Waals surface area contributed by atoms with Gasteiger partial charge in [0.1, 0.15) is 0 Å². The number of halogens is 1. The molecular weight excluding hydrogens is 174 g/mol. The topological polar surface area (TPSA) is 49.0 Å². The summed E-state index contributed by atoms with van der Waals surface area (Å²) in [7, 11) is 0. The highest BCUT2D eigenvalue weighted by Gasteiger charge is 1.98. The largest absolute Gasteiger partial charge is 0.450 e. The Morgan fingerprint density at radius 2 is 2.38 bits per heavy atom. The average Bonchev–Trinajstić information content (AvgIpc) is 1.61. The van der Waals surface area contributed by atoms with Crippen LogP contribution in [0, 0.1) is 0 Å². The summed E-state index contributed by atoms with van der Waals surface area (Å²) in [4.78, 5) is 9.83. The van der Waals surface area contributed by atoms with Crippen molar-refractivity contribution >= 4 is 22.0 Å². The van der Waals surface area contributed by atoms with Crippen molar-refractivity contribution in [3.63, 3.8) is 0 Å². The lowest BCUT2D eigenvalue weighted by Crippen LogP contribution is -2.25. The van der Waals surface area contributed by atoms with E-state index in [1.807, 2.05) is 6.92 Å². The molecule has 1 amide bonds. The monoisotopic (exact) mass is 180 g/mol. The fourth-order valence-corrected chi connectivity index (χ4v) is 0.386. The Hall–Kier alpha value is -0.250. The molecule has 0 bridgehead atoms. The lowest BCUT2D eigenvalue weighted by Gasteiger charge is -1.98. The molecule has 0 aromatic rings. The zero-order valence-corrected chi connectivity index (χ0v) is 6.06. The number of carbonyl (C=O) groups excluding carboxylic acids is 1. The maximum atomic E-state index is 9.66. The van der Waals surface area contributed by atoms with Crippen molar-refractivity contribution in [3.05, 3.63) is 0 Å². The molecule has 4 heteroatoms. The molecule has 0 aromatic heterocycles. The molecule has 0 fully saturated rings. The van der Waals surface area contributed by atoms with Crippen LogP contribution in [0.4, 0.5) is 4.79 Å². The van der Waals surface area contributed by atoms with Crippen LogP contribution in [0.1, 0.15) is 6.92 Å². The molecule has 0 aliphatic rings. The summed E-state index contributed by atoms with van der Waals surface area (Å²) in [6.07, 6.45) is -1.23. The van der Waals surface area contributed by atoms with Gasteiger partial charge in [0.25, 0.3) is 0 Å². The highest BCUT2D eigenvalue weighted by Crippen LogP contribution is 1.92. The minimum atomic E-state index is -1.23. The summed E-state index contributed by atoms with van der Waals surface area (Å²) in [5.74, 6) is 0. The lowest BCUT2D eigenvalue weighted by atomic mass is 10.5. The fraction of sp³-hybridized carbons (Fsp3) is 0.750. The zero-order valence-electron chi connectivity index (χ0n) is 4.48. The Bertz CT molecular complexity index is 84.1. The van der Waals surface area contributed by atoms with Crippen LogP contribution in [0.25, 0.3) is 0 Å². The first kappa shape index (κ1) is 7.75. The molecule has 0 saturated heterocycles. The van der Waals surface area contributed by atoms with Gasteiger partial charge in [-0.1, -0.05) is 22.9 Å². The molecule has 47 valence electrons. The Morgan fingerprint density at radius 1 is 1.88 bits per heavy atom. The molecule has 0 saturated carbocycles. The summed E-state index contributed by atoms with van der Waals surface area (Å²) in [5, 5.41) is 11.8. The third kappa shape index (κ3) is 5.75. The van der Waals surface area contributed by atoms with Gasteiger partial charge in [-0.15, -0.1) is 0 Å². The van der Waals surface area contributed by atoms with Crippen LogP contribution < -0.4 is 5.32 Å². The van der Waals surface area contributed by atoms with Crippen molar-refractivity contribution in [1.82, 2.24) is 5.32 Å². The number of alkyl halides is 1. The van der Waals surface area contributed by atoms with Crippen LogP contribution in [0.3, 0.4) is 0 Å². The van der Waals surface area contributed by atoms with Crippen molar-refractivity contribution in [1.29, 1.82) is 0 Å². The van der Waals surface area contributed by atoms with Crippen LogP contribution in [0.2, 0.25) is 0 Å². The Morgan fingerprint density at radius 3 is 2.50 bits per heavy atom. The molecule has 0 aromatic carbocycles. The van der Waals surface area contributed by atoms with E-state index in [-0.39, 0.29) is 4.83 Å². The lowest BCUT2D eigenvalue weighted by molar-refractivity contribution is 0.169. The van der Waals surface area contributed by atoms with Gasteiger partial charge in [0, 0.05) is 11.4 Å². The predicted molar refractivity (Wildman–Crippen MR) is 32.5 cm³/mol. The Kier molecular flexibility index (Phi) is 3.60. The first-order valence-electron chi connectivity index (χ1n) is 2.22. The minimum Gasteiger partial charge on any atom is -0.317 e. The number of rotatable bonds is 2. The van der Waals surface area contributed by atoms with Gasteiger partial charge in [0.05, 0.1) is 0 Å². The zero-order chi connectivity index (χ0) is 6.57. The van der Waals surface area contributed by atoms with Gasteiger partial charge in [-0.2, -0.15) is 0 Å². The van der Waals surface area contributed by atoms with Gasteiger partial charge in [-0.25, -0.2) is 9.90 Å². The second-order valence-corrected chi connectivity index (χ2v) is 3.01. The van der Waals surface area contributed by atoms with Crippen molar-refractivity contribution in [3.8, 4) is 0 Å². The van der Waals surface area contributed by atoms with Crippen LogP contribution in [0.15, 0.2) is 0 Å². The third-order valence-corrected chi connectivity index (χ3v) is 0.851. The number of hydrogen-bond donors (Lipinski definition) is 1. The van der Waals surface area contributed by atoms with Crippen LogP contribution in [-0.2, 0) is 5.11 Å². The molecule has 0 heterocycles. The molecule has 0 spiro atoms. The van der Waals surface area contributed by atoms with E-state index >= 15 is 0 Å². The molecule has 1 radical (unpaired) electrons. The van der Waals surface area contributed by atoms with Gasteiger partial charge in [-0.3, -0.25) is 0 Å². The highest BCUT2D eigenvalue weighted by atomic mass is 79.9. The van der Waals surface area contributed by atoms with E-state index in [0.717, 1.165) is 0 Å². The van der Waals surface area contributed by atoms with E-state index in [9.17, 15) is 9.90 Å². The molecule has 0 aliphatic heterocycles. The van der Waals surface area contributed by atoms with Crippen LogP contribution in [-0.4, -0.2) is 17.5 Å². The van der Waals surface area contributed by atoms with Gasteiger partial charge in [-0.05, 0) is 0 Å². The quantitative estimate of drug-likeness (QED) is 0.632. The van der Waals surface area contributed by atoms with Crippen molar-refractivity contribution in [2.75, 3.05) is 6.54 Å². The highest BCUT2D eigenvalue weighted by molar-refractivity contribution is 9.09. The second kappa shape index (κ2) is 3.72. The smallest absolute Gasteiger partial charge is 0.317 e. The van der Waals surface area contributed by atoms with E-state index in [4.69, 9.17) is 0 Å². The Labute approximate surface area is 56.2 Å². The molecule has 1 unspecified atom stereocenters. The normalized spacial score (nSPS) is 12.8.